The topological polar surface area (TPSA) is 87.0 Å². The summed E-state index contributed by atoms with van der Waals surface area (Å²) >= 11 is 0. The van der Waals surface area contributed by atoms with E-state index in [0.29, 0.717) is 18.4 Å². The average Bonchev–Trinajstić information content (AvgIpc) is 3.26. The maximum absolute atomic E-state index is 10.7. The van der Waals surface area contributed by atoms with E-state index in [9.17, 15) is 15.0 Å². The Morgan fingerprint density at radius 1 is 1.15 bits per heavy atom. The molecule has 0 aromatic carbocycles. The third kappa shape index (κ3) is 6.82. The highest BCUT2D eigenvalue weighted by Crippen LogP contribution is 2.45. The van der Waals surface area contributed by atoms with Crippen molar-refractivity contribution < 1.29 is 24.9 Å². The van der Waals surface area contributed by atoms with Crippen molar-refractivity contribution in [2.75, 3.05) is 6.61 Å². The molecule has 26 heavy (non-hydrogen) atoms. The van der Waals surface area contributed by atoms with Crippen LogP contribution in [-0.2, 0) is 9.53 Å². The predicted molar refractivity (Wildman–Crippen MR) is 101 cm³/mol. The lowest BCUT2D eigenvalue weighted by molar-refractivity contribution is -0.149. The number of carbonyl (C=O) groups is 1. The second-order valence-corrected chi connectivity index (χ2v) is 8.55. The Morgan fingerprint density at radius 3 is 2.58 bits per heavy atom. The van der Waals surface area contributed by atoms with Gasteiger partial charge in [-0.25, -0.2) is 4.79 Å². The number of aliphatic hydroxyl groups is 2. The number of unbranched alkanes of at least 4 members (excludes halogenated alkanes) is 1. The van der Waals surface area contributed by atoms with Crippen molar-refractivity contribution in [3.8, 4) is 0 Å². The fourth-order valence-corrected chi connectivity index (χ4v) is 4.70. The first-order chi connectivity index (χ1) is 12.4. The number of carboxylic acid groups (broad SMARTS) is 1. The molecule has 0 radical (unpaired) electrons. The third-order valence-electron chi connectivity index (χ3n) is 6.62. The molecule has 7 atom stereocenters. The molecule has 0 spiro atoms. The van der Waals surface area contributed by atoms with E-state index >= 15 is 0 Å². The summed E-state index contributed by atoms with van der Waals surface area (Å²) in [5, 5.41) is 29.4. The number of aliphatic carboxylic acids is 1. The number of ether oxygens (including phenoxy) is 1. The van der Waals surface area contributed by atoms with Gasteiger partial charge in [0.1, 0.15) is 0 Å². The molecule has 0 bridgehead atoms. The van der Waals surface area contributed by atoms with Crippen molar-refractivity contribution in [2.45, 2.75) is 96.4 Å². The Labute approximate surface area is 158 Å². The van der Waals surface area contributed by atoms with E-state index in [0.717, 1.165) is 63.2 Å². The van der Waals surface area contributed by atoms with Gasteiger partial charge in [0.2, 0.25) is 0 Å². The molecule has 0 aliphatic heterocycles. The zero-order valence-electron chi connectivity index (χ0n) is 16.5. The first-order valence-corrected chi connectivity index (χ1v) is 10.6. The summed E-state index contributed by atoms with van der Waals surface area (Å²) in [5.74, 6) is 1.50. The van der Waals surface area contributed by atoms with Crippen LogP contribution in [0, 0.1) is 23.7 Å². The van der Waals surface area contributed by atoms with Gasteiger partial charge in [-0.3, -0.25) is 0 Å². The molecule has 3 N–H and O–H groups in total. The van der Waals surface area contributed by atoms with E-state index in [-0.39, 0.29) is 12.2 Å². The van der Waals surface area contributed by atoms with Crippen molar-refractivity contribution >= 4 is 5.97 Å². The van der Waals surface area contributed by atoms with Gasteiger partial charge < -0.3 is 20.1 Å². The van der Waals surface area contributed by atoms with Crippen molar-refractivity contribution in [3.05, 3.63) is 0 Å². The molecule has 0 aromatic rings. The molecule has 0 aromatic heterocycles. The maximum atomic E-state index is 10.7. The van der Waals surface area contributed by atoms with Crippen LogP contribution < -0.4 is 0 Å². The zero-order chi connectivity index (χ0) is 19.1. The third-order valence-corrected chi connectivity index (χ3v) is 6.62. The van der Waals surface area contributed by atoms with Crippen LogP contribution in [0.3, 0.4) is 0 Å². The van der Waals surface area contributed by atoms with Gasteiger partial charge in [0.15, 0.2) is 6.10 Å². The van der Waals surface area contributed by atoms with E-state index in [1.165, 1.54) is 12.8 Å². The normalized spacial score (nSPS) is 33.2. The summed E-state index contributed by atoms with van der Waals surface area (Å²) in [6, 6.07) is 0. The van der Waals surface area contributed by atoms with E-state index in [1.807, 2.05) is 0 Å². The van der Waals surface area contributed by atoms with E-state index in [1.54, 1.807) is 6.92 Å². The molecule has 2 fully saturated rings. The summed E-state index contributed by atoms with van der Waals surface area (Å²) in [6.07, 6.45) is 8.90. The molecule has 2 saturated carbocycles. The molecule has 0 saturated heterocycles. The van der Waals surface area contributed by atoms with Gasteiger partial charge >= 0.3 is 5.97 Å². The van der Waals surface area contributed by atoms with Crippen LogP contribution >= 0.6 is 0 Å². The van der Waals surface area contributed by atoms with Gasteiger partial charge in [-0.15, -0.1) is 0 Å². The molecule has 5 nitrogen and oxygen atoms in total. The molecule has 2 aliphatic carbocycles. The molecule has 0 heterocycles. The summed E-state index contributed by atoms with van der Waals surface area (Å²) < 4.78 is 5.27. The average molecular weight is 371 g/mol. The van der Waals surface area contributed by atoms with Gasteiger partial charge in [-0.2, -0.15) is 0 Å². The van der Waals surface area contributed by atoms with Crippen LogP contribution in [0.4, 0.5) is 0 Å². The van der Waals surface area contributed by atoms with Crippen molar-refractivity contribution in [1.82, 2.24) is 0 Å². The lowest BCUT2D eigenvalue weighted by Gasteiger charge is -2.23. The second-order valence-electron chi connectivity index (χ2n) is 8.55. The number of aliphatic hydroxyl groups excluding tert-OH is 2. The van der Waals surface area contributed by atoms with Gasteiger partial charge in [-0.05, 0) is 82.0 Å². The summed E-state index contributed by atoms with van der Waals surface area (Å²) in [7, 11) is 0. The standard InChI is InChI=1S/C21H38O5/c1-3-15-12-17(15)13-18(22)9-7-16-8-10-20(23)19(16)6-4-5-11-26-14(2)21(24)25/h14-20,22-23H,3-13H2,1-2H3,(H,24,25)/t14?,15-,16-,17-,18?,19+,20-/m0/s1. The molecular weight excluding hydrogens is 332 g/mol. The summed E-state index contributed by atoms with van der Waals surface area (Å²) in [5.41, 5.74) is 0. The van der Waals surface area contributed by atoms with Crippen LogP contribution in [0.1, 0.15) is 78.1 Å². The van der Waals surface area contributed by atoms with Gasteiger partial charge in [0, 0.05) is 6.61 Å². The highest BCUT2D eigenvalue weighted by atomic mass is 16.5. The number of hydrogen-bond acceptors (Lipinski definition) is 4. The van der Waals surface area contributed by atoms with Crippen LogP contribution in [0.2, 0.25) is 0 Å². The van der Waals surface area contributed by atoms with E-state index in [4.69, 9.17) is 9.84 Å². The Kier molecular flexibility index (Phi) is 8.85. The lowest BCUT2D eigenvalue weighted by atomic mass is 9.85. The number of hydrogen-bond donors (Lipinski definition) is 3. The zero-order valence-corrected chi connectivity index (χ0v) is 16.5. The predicted octanol–water partition coefficient (Wildman–Crippen LogP) is 3.61. The SMILES string of the molecule is CC[C@H]1C[C@H]1CC(O)CC[C@H]1CC[C@H](O)[C@@H]1CCCCOC(C)C(=O)O. The molecule has 2 aliphatic rings. The van der Waals surface area contributed by atoms with Crippen molar-refractivity contribution in [1.29, 1.82) is 0 Å². The van der Waals surface area contributed by atoms with Gasteiger partial charge in [0.25, 0.3) is 0 Å². The quantitative estimate of drug-likeness (QED) is 0.431. The van der Waals surface area contributed by atoms with Crippen LogP contribution in [0.25, 0.3) is 0 Å². The van der Waals surface area contributed by atoms with Gasteiger partial charge in [-0.1, -0.05) is 19.8 Å². The Morgan fingerprint density at radius 2 is 1.92 bits per heavy atom. The van der Waals surface area contributed by atoms with Crippen molar-refractivity contribution in [2.24, 2.45) is 23.7 Å². The molecule has 2 unspecified atom stereocenters. The Balaban J connectivity index is 1.61. The maximum Gasteiger partial charge on any atom is 0.332 e. The Bertz CT molecular complexity index is 427. The fraction of sp³-hybridized carbons (Fsp3) is 0.952. The molecular formula is C21H38O5. The largest absolute Gasteiger partial charge is 0.479 e. The second kappa shape index (κ2) is 10.6. The molecule has 0 amide bonds. The number of carboxylic acids is 1. The minimum atomic E-state index is -0.925. The molecule has 2 rings (SSSR count). The first-order valence-electron chi connectivity index (χ1n) is 10.6. The lowest BCUT2D eigenvalue weighted by Crippen LogP contribution is -2.22. The van der Waals surface area contributed by atoms with E-state index < -0.39 is 12.1 Å². The highest BCUT2D eigenvalue weighted by molar-refractivity contribution is 5.71. The van der Waals surface area contributed by atoms with Crippen molar-refractivity contribution in [3.63, 3.8) is 0 Å². The molecule has 152 valence electrons. The highest BCUT2D eigenvalue weighted by Gasteiger charge is 2.37. The van der Waals surface area contributed by atoms with Crippen LogP contribution in [-0.4, -0.2) is 46.2 Å². The minimum absolute atomic E-state index is 0.180. The van der Waals surface area contributed by atoms with Crippen LogP contribution in [0.15, 0.2) is 0 Å². The summed E-state index contributed by atoms with van der Waals surface area (Å²) in [4.78, 5) is 10.7. The molecule has 5 heteroatoms. The minimum Gasteiger partial charge on any atom is -0.479 e. The Hall–Kier alpha value is -0.650. The monoisotopic (exact) mass is 370 g/mol. The van der Waals surface area contributed by atoms with Gasteiger partial charge in [0.05, 0.1) is 12.2 Å². The van der Waals surface area contributed by atoms with E-state index in [2.05, 4.69) is 6.92 Å². The fourth-order valence-electron chi connectivity index (χ4n) is 4.70. The van der Waals surface area contributed by atoms with Crippen LogP contribution in [0.5, 0.6) is 0 Å². The summed E-state index contributed by atoms with van der Waals surface area (Å²) in [6.45, 7) is 4.24. The number of rotatable bonds is 13. The first kappa shape index (κ1) is 21.6. The smallest absolute Gasteiger partial charge is 0.332 e.